The number of thiophene rings is 1. The average molecular weight is 358 g/mol. The first-order valence-electron chi connectivity index (χ1n) is 6.68. The fourth-order valence-corrected chi connectivity index (χ4v) is 4.26. The van der Waals surface area contributed by atoms with Crippen molar-refractivity contribution < 1.29 is 13.2 Å². The minimum Gasteiger partial charge on any atom is -0.294 e. The van der Waals surface area contributed by atoms with Crippen molar-refractivity contribution in [1.29, 1.82) is 0 Å². The predicted molar refractivity (Wildman–Crippen MR) is 90.1 cm³/mol. The standard InChI is InChI=1S/C15H16ClNO3S2/c1-11(18)15-7-6-13(21-15)8-9-17-22(19,20)10-12-4-2-3-5-14(12)16/h2-7,17H,8-10H2,1H3. The van der Waals surface area contributed by atoms with Gasteiger partial charge in [-0.05, 0) is 37.1 Å². The second-order valence-electron chi connectivity index (χ2n) is 4.82. The van der Waals surface area contributed by atoms with E-state index in [1.807, 2.05) is 6.07 Å². The second kappa shape index (κ2) is 7.37. The zero-order chi connectivity index (χ0) is 16.2. The molecule has 0 aliphatic heterocycles. The maximum atomic E-state index is 12.0. The Kier molecular flexibility index (Phi) is 5.74. The Bertz CT molecular complexity index is 769. The molecule has 0 amide bonds. The average Bonchev–Trinajstić information content (AvgIpc) is 2.90. The van der Waals surface area contributed by atoms with E-state index in [1.54, 1.807) is 30.3 Å². The number of Topliss-reactive ketones (excluding diaryl/α,β-unsaturated/α-hetero) is 1. The largest absolute Gasteiger partial charge is 0.294 e. The highest BCUT2D eigenvalue weighted by molar-refractivity contribution is 7.88. The molecule has 1 aromatic heterocycles. The number of carbonyl (C=O) groups excluding carboxylic acids is 1. The van der Waals surface area contributed by atoms with Crippen LogP contribution in [0.2, 0.25) is 5.02 Å². The van der Waals surface area contributed by atoms with Gasteiger partial charge in [0, 0.05) is 16.4 Å². The molecule has 0 aliphatic carbocycles. The molecule has 0 saturated carbocycles. The van der Waals surface area contributed by atoms with Crippen molar-refractivity contribution in [1.82, 2.24) is 4.72 Å². The second-order valence-corrected chi connectivity index (χ2v) is 8.20. The number of rotatable bonds is 7. The molecule has 0 aliphatic rings. The fourth-order valence-electron chi connectivity index (χ4n) is 1.90. The summed E-state index contributed by atoms with van der Waals surface area (Å²) in [7, 11) is -3.43. The van der Waals surface area contributed by atoms with Crippen molar-refractivity contribution in [2.45, 2.75) is 19.1 Å². The molecule has 0 radical (unpaired) electrons. The summed E-state index contributed by atoms with van der Waals surface area (Å²) in [4.78, 5) is 12.9. The Labute approximate surface area is 139 Å². The molecule has 118 valence electrons. The van der Waals surface area contributed by atoms with Crippen molar-refractivity contribution in [3.8, 4) is 0 Å². The van der Waals surface area contributed by atoms with Crippen LogP contribution in [0.4, 0.5) is 0 Å². The number of carbonyl (C=O) groups is 1. The van der Waals surface area contributed by atoms with Gasteiger partial charge in [-0.15, -0.1) is 11.3 Å². The van der Waals surface area contributed by atoms with E-state index in [0.717, 1.165) is 4.88 Å². The molecule has 22 heavy (non-hydrogen) atoms. The molecule has 0 bridgehead atoms. The van der Waals surface area contributed by atoms with Gasteiger partial charge in [-0.2, -0.15) is 0 Å². The molecule has 0 fully saturated rings. The normalized spacial score (nSPS) is 11.5. The third-order valence-electron chi connectivity index (χ3n) is 3.01. The van der Waals surface area contributed by atoms with Crippen LogP contribution in [-0.4, -0.2) is 20.7 Å². The summed E-state index contributed by atoms with van der Waals surface area (Å²) in [6.45, 7) is 1.81. The van der Waals surface area contributed by atoms with Crippen molar-refractivity contribution in [3.63, 3.8) is 0 Å². The lowest BCUT2D eigenvalue weighted by molar-refractivity contribution is 0.102. The Balaban J connectivity index is 1.90. The fraction of sp³-hybridized carbons (Fsp3) is 0.267. The molecule has 4 nitrogen and oxygen atoms in total. The third-order valence-corrected chi connectivity index (χ3v) is 5.95. The van der Waals surface area contributed by atoms with Crippen molar-refractivity contribution >= 4 is 38.7 Å². The molecule has 2 aromatic rings. The SMILES string of the molecule is CC(=O)c1ccc(CCNS(=O)(=O)Cc2ccccc2Cl)s1. The lowest BCUT2D eigenvalue weighted by Gasteiger charge is -2.07. The molecule has 0 atom stereocenters. The van der Waals surface area contributed by atoms with Gasteiger partial charge in [-0.3, -0.25) is 4.79 Å². The van der Waals surface area contributed by atoms with Gasteiger partial charge in [-0.25, -0.2) is 13.1 Å². The van der Waals surface area contributed by atoms with Crippen LogP contribution in [-0.2, 0) is 22.2 Å². The van der Waals surface area contributed by atoms with E-state index >= 15 is 0 Å². The van der Waals surface area contributed by atoms with Crippen molar-refractivity contribution in [2.75, 3.05) is 6.54 Å². The zero-order valence-electron chi connectivity index (χ0n) is 12.0. The smallest absolute Gasteiger partial charge is 0.215 e. The molecular weight excluding hydrogens is 342 g/mol. The first-order valence-corrected chi connectivity index (χ1v) is 9.52. The highest BCUT2D eigenvalue weighted by Crippen LogP contribution is 2.18. The lowest BCUT2D eigenvalue weighted by atomic mass is 10.2. The maximum absolute atomic E-state index is 12.0. The molecule has 0 saturated heterocycles. The van der Waals surface area contributed by atoms with Crippen LogP contribution >= 0.6 is 22.9 Å². The van der Waals surface area contributed by atoms with Gasteiger partial charge < -0.3 is 0 Å². The summed E-state index contributed by atoms with van der Waals surface area (Å²) in [5.41, 5.74) is 0.576. The first-order chi connectivity index (χ1) is 10.4. The highest BCUT2D eigenvalue weighted by atomic mass is 35.5. The quantitative estimate of drug-likeness (QED) is 0.773. The summed E-state index contributed by atoms with van der Waals surface area (Å²) < 4.78 is 26.6. The topological polar surface area (TPSA) is 63.2 Å². The van der Waals surface area contributed by atoms with Gasteiger partial charge in [0.05, 0.1) is 10.6 Å². The van der Waals surface area contributed by atoms with Crippen LogP contribution in [0.1, 0.15) is 27.0 Å². The summed E-state index contributed by atoms with van der Waals surface area (Å²) in [6.07, 6.45) is 0.555. The molecule has 0 spiro atoms. The first kappa shape index (κ1) is 17.1. The molecule has 0 unspecified atom stereocenters. The lowest BCUT2D eigenvalue weighted by Crippen LogP contribution is -2.27. The van der Waals surface area contributed by atoms with Crippen LogP contribution in [0.3, 0.4) is 0 Å². The van der Waals surface area contributed by atoms with Gasteiger partial charge in [0.15, 0.2) is 5.78 Å². The Morgan fingerprint density at radius 1 is 1.23 bits per heavy atom. The third kappa shape index (κ3) is 4.91. The van der Waals surface area contributed by atoms with Crippen molar-refractivity contribution in [2.24, 2.45) is 0 Å². The number of sulfonamides is 1. The predicted octanol–water partition coefficient (Wildman–Crippen LogP) is 3.27. The Morgan fingerprint density at radius 2 is 1.95 bits per heavy atom. The Morgan fingerprint density at radius 3 is 2.59 bits per heavy atom. The van der Waals surface area contributed by atoms with Gasteiger partial charge >= 0.3 is 0 Å². The minimum absolute atomic E-state index is 0.0237. The number of ketones is 1. The number of hydrogen-bond donors (Lipinski definition) is 1. The highest BCUT2D eigenvalue weighted by Gasteiger charge is 2.13. The summed E-state index contributed by atoms with van der Waals surface area (Å²) in [5, 5.41) is 0.442. The number of benzene rings is 1. The zero-order valence-corrected chi connectivity index (χ0v) is 14.4. The summed E-state index contributed by atoms with van der Waals surface area (Å²) >= 11 is 7.36. The molecule has 1 aromatic carbocycles. The molecule has 7 heteroatoms. The van der Waals surface area contributed by atoms with E-state index in [4.69, 9.17) is 11.6 Å². The number of hydrogen-bond acceptors (Lipinski definition) is 4. The van der Waals surface area contributed by atoms with Crippen molar-refractivity contribution in [3.05, 3.63) is 56.7 Å². The summed E-state index contributed by atoms with van der Waals surface area (Å²) in [6, 6.07) is 10.5. The van der Waals surface area contributed by atoms with Gasteiger partial charge in [0.1, 0.15) is 0 Å². The van der Waals surface area contributed by atoms with Gasteiger partial charge in [0.25, 0.3) is 0 Å². The van der Waals surface area contributed by atoms with E-state index < -0.39 is 10.0 Å². The van der Waals surface area contributed by atoms with Crippen LogP contribution in [0.25, 0.3) is 0 Å². The molecule has 1 N–H and O–H groups in total. The van der Waals surface area contributed by atoms with E-state index in [1.165, 1.54) is 18.3 Å². The molecule has 2 rings (SSSR count). The van der Waals surface area contributed by atoms with Gasteiger partial charge in [0.2, 0.25) is 10.0 Å². The Hall–Kier alpha value is -1.21. The molecule has 1 heterocycles. The monoisotopic (exact) mass is 357 g/mol. The van der Waals surface area contributed by atoms with Gasteiger partial charge in [-0.1, -0.05) is 29.8 Å². The number of halogens is 1. The van der Waals surface area contributed by atoms with E-state index in [-0.39, 0.29) is 11.5 Å². The minimum atomic E-state index is -3.43. The molecular formula is C15H16ClNO3S2. The number of nitrogens with one attached hydrogen (secondary N) is 1. The van der Waals surface area contributed by atoms with E-state index in [2.05, 4.69) is 4.72 Å². The summed E-state index contributed by atoms with van der Waals surface area (Å²) in [5.74, 6) is -0.119. The van der Waals surface area contributed by atoms with Crippen LogP contribution in [0, 0.1) is 0 Å². The van der Waals surface area contributed by atoms with Crippen LogP contribution in [0.15, 0.2) is 36.4 Å². The maximum Gasteiger partial charge on any atom is 0.215 e. The van der Waals surface area contributed by atoms with E-state index in [0.29, 0.717) is 28.4 Å². The van der Waals surface area contributed by atoms with E-state index in [9.17, 15) is 13.2 Å². The van der Waals surface area contributed by atoms with Crippen LogP contribution in [0.5, 0.6) is 0 Å². The van der Waals surface area contributed by atoms with Crippen LogP contribution < -0.4 is 4.72 Å².